The molecule has 1 fully saturated rings. The van der Waals surface area contributed by atoms with Gasteiger partial charge in [-0.05, 0) is 37.8 Å². The summed E-state index contributed by atoms with van der Waals surface area (Å²) in [5.74, 6) is 1.44. The van der Waals surface area contributed by atoms with E-state index < -0.39 is 0 Å². The fraction of sp³-hybridized carbons (Fsp3) is 0.533. The SMILES string of the molecule is Cc1ccccc1NC(=O)CCCCC1CCSS1. The second kappa shape index (κ2) is 7.85. The van der Waals surface area contributed by atoms with E-state index in [9.17, 15) is 4.79 Å². The Morgan fingerprint density at radius 1 is 1.37 bits per heavy atom. The van der Waals surface area contributed by atoms with Gasteiger partial charge in [0.05, 0.1) is 0 Å². The molecule has 1 amide bonds. The molecule has 19 heavy (non-hydrogen) atoms. The summed E-state index contributed by atoms with van der Waals surface area (Å²) in [5, 5.41) is 3.81. The summed E-state index contributed by atoms with van der Waals surface area (Å²) < 4.78 is 0. The van der Waals surface area contributed by atoms with Crippen molar-refractivity contribution in [3.05, 3.63) is 29.8 Å². The Morgan fingerprint density at radius 3 is 2.95 bits per heavy atom. The number of carbonyl (C=O) groups excluding carboxylic acids is 1. The molecule has 1 aromatic rings. The Bertz CT molecular complexity index is 416. The Kier molecular flexibility index (Phi) is 6.11. The molecule has 1 aromatic carbocycles. The number of benzene rings is 1. The zero-order valence-electron chi connectivity index (χ0n) is 11.4. The number of hydrogen-bond donors (Lipinski definition) is 1. The largest absolute Gasteiger partial charge is 0.326 e. The summed E-state index contributed by atoms with van der Waals surface area (Å²) in [6, 6.07) is 7.92. The van der Waals surface area contributed by atoms with Crippen LogP contribution in [-0.4, -0.2) is 16.9 Å². The van der Waals surface area contributed by atoms with E-state index in [1.54, 1.807) is 0 Å². The van der Waals surface area contributed by atoms with Gasteiger partial charge < -0.3 is 5.32 Å². The van der Waals surface area contributed by atoms with Gasteiger partial charge in [-0.15, -0.1) is 0 Å². The number of unbranched alkanes of at least 4 members (excludes halogenated alkanes) is 1. The second-order valence-corrected chi connectivity index (χ2v) is 7.73. The Morgan fingerprint density at radius 2 is 2.21 bits per heavy atom. The molecule has 104 valence electrons. The van der Waals surface area contributed by atoms with E-state index in [-0.39, 0.29) is 5.91 Å². The lowest BCUT2D eigenvalue weighted by Gasteiger charge is -2.09. The van der Waals surface area contributed by atoms with E-state index in [1.165, 1.54) is 25.0 Å². The third-order valence-electron chi connectivity index (χ3n) is 3.33. The first-order valence-corrected chi connectivity index (χ1v) is 9.27. The Balaban J connectivity index is 1.63. The van der Waals surface area contributed by atoms with Gasteiger partial charge >= 0.3 is 0 Å². The third kappa shape index (κ3) is 5.11. The van der Waals surface area contributed by atoms with Crippen LogP contribution in [0.1, 0.15) is 37.7 Å². The topological polar surface area (TPSA) is 29.1 Å². The highest BCUT2D eigenvalue weighted by atomic mass is 33.1. The summed E-state index contributed by atoms with van der Waals surface area (Å²) in [6.45, 7) is 2.02. The number of nitrogens with one attached hydrogen (secondary N) is 1. The first-order valence-electron chi connectivity index (χ1n) is 6.89. The van der Waals surface area contributed by atoms with Gasteiger partial charge in [0.1, 0.15) is 0 Å². The van der Waals surface area contributed by atoms with Crippen molar-refractivity contribution in [3.63, 3.8) is 0 Å². The van der Waals surface area contributed by atoms with Gasteiger partial charge in [0.25, 0.3) is 0 Å². The quantitative estimate of drug-likeness (QED) is 0.612. The molecule has 1 aliphatic heterocycles. The molecule has 1 heterocycles. The Labute approximate surface area is 123 Å². The van der Waals surface area contributed by atoms with Crippen LogP contribution in [0.3, 0.4) is 0 Å². The summed E-state index contributed by atoms with van der Waals surface area (Å²) in [6.07, 6.45) is 5.40. The molecule has 2 rings (SSSR count). The molecule has 1 unspecified atom stereocenters. The molecule has 0 aromatic heterocycles. The normalized spacial score (nSPS) is 18.5. The van der Waals surface area contributed by atoms with Gasteiger partial charge in [0.2, 0.25) is 5.91 Å². The van der Waals surface area contributed by atoms with Gasteiger partial charge in [0, 0.05) is 23.1 Å². The number of anilines is 1. The van der Waals surface area contributed by atoms with Gasteiger partial charge in [-0.3, -0.25) is 4.79 Å². The van der Waals surface area contributed by atoms with E-state index in [0.29, 0.717) is 6.42 Å². The maximum Gasteiger partial charge on any atom is 0.224 e. The zero-order chi connectivity index (χ0) is 13.5. The third-order valence-corrected chi connectivity index (χ3v) is 6.33. The lowest BCUT2D eigenvalue weighted by Crippen LogP contribution is -2.12. The van der Waals surface area contributed by atoms with E-state index in [2.05, 4.69) is 5.32 Å². The summed E-state index contributed by atoms with van der Waals surface area (Å²) in [5.41, 5.74) is 2.06. The van der Waals surface area contributed by atoms with Crippen LogP contribution in [0.4, 0.5) is 5.69 Å². The van der Waals surface area contributed by atoms with Crippen molar-refractivity contribution in [3.8, 4) is 0 Å². The first-order chi connectivity index (χ1) is 9.25. The molecular formula is C15H21NOS2. The van der Waals surface area contributed by atoms with Gasteiger partial charge in [0.15, 0.2) is 0 Å². The molecule has 1 atom stereocenters. The molecule has 1 saturated heterocycles. The van der Waals surface area contributed by atoms with Crippen LogP contribution in [-0.2, 0) is 4.79 Å². The molecule has 2 nitrogen and oxygen atoms in total. The zero-order valence-corrected chi connectivity index (χ0v) is 13.0. The number of rotatable bonds is 6. The number of hydrogen-bond acceptors (Lipinski definition) is 3. The molecule has 1 N–H and O–H groups in total. The van der Waals surface area contributed by atoms with Crippen molar-refractivity contribution in [2.45, 2.75) is 44.3 Å². The standard InChI is InChI=1S/C15H21NOS2/c1-12-6-2-4-8-14(12)16-15(17)9-5-3-7-13-10-11-18-19-13/h2,4,6,8,13H,3,5,7,9-11H2,1H3,(H,16,17). The molecule has 0 radical (unpaired) electrons. The van der Waals surface area contributed by atoms with E-state index in [4.69, 9.17) is 0 Å². The van der Waals surface area contributed by atoms with Crippen LogP contribution in [0.5, 0.6) is 0 Å². The minimum atomic E-state index is 0.141. The second-order valence-electron chi connectivity index (χ2n) is 4.94. The highest BCUT2D eigenvalue weighted by molar-refractivity contribution is 8.77. The Hall–Kier alpha value is -0.610. The highest BCUT2D eigenvalue weighted by Gasteiger charge is 2.15. The van der Waals surface area contributed by atoms with Gasteiger partial charge in [-0.1, -0.05) is 46.2 Å². The smallest absolute Gasteiger partial charge is 0.224 e. The molecule has 1 aliphatic rings. The van der Waals surface area contributed by atoms with Crippen molar-refractivity contribution in [2.75, 3.05) is 11.1 Å². The average Bonchev–Trinajstić information content (AvgIpc) is 2.91. The van der Waals surface area contributed by atoms with Crippen LogP contribution >= 0.6 is 21.6 Å². The molecular weight excluding hydrogens is 274 g/mol. The highest BCUT2D eigenvalue weighted by Crippen LogP contribution is 2.39. The number of amides is 1. The predicted molar refractivity (Wildman–Crippen MR) is 86.7 cm³/mol. The summed E-state index contributed by atoms with van der Waals surface area (Å²) >= 11 is 0. The van der Waals surface area contributed by atoms with Gasteiger partial charge in [-0.2, -0.15) is 0 Å². The minimum absolute atomic E-state index is 0.141. The average molecular weight is 295 g/mol. The summed E-state index contributed by atoms with van der Waals surface area (Å²) in [4.78, 5) is 11.8. The molecule has 0 aliphatic carbocycles. The fourth-order valence-corrected chi connectivity index (χ4v) is 5.18. The minimum Gasteiger partial charge on any atom is -0.326 e. The fourth-order valence-electron chi connectivity index (χ4n) is 2.15. The van der Waals surface area contributed by atoms with Crippen molar-refractivity contribution in [2.24, 2.45) is 0 Å². The molecule has 4 heteroatoms. The van der Waals surface area contributed by atoms with Crippen LogP contribution in [0, 0.1) is 6.92 Å². The van der Waals surface area contributed by atoms with E-state index in [0.717, 1.165) is 22.9 Å². The number of carbonyl (C=O) groups is 1. The van der Waals surface area contributed by atoms with E-state index >= 15 is 0 Å². The summed E-state index contributed by atoms with van der Waals surface area (Å²) in [7, 11) is 4.01. The van der Waals surface area contributed by atoms with Crippen molar-refractivity contribution < 1.29 is 4.79 Å². The van der Waals surface area contributed by atoms with Crippen molar-refractivity contribution >= 4 is 33.2 Å². The van der Waals surface area contributed by atoms with E-state index in [1.807, 2.05) is 52.8 Å². The number of para-hydroxylation sites is 1. The molecule has 0 bridgehead atoms. The molecule has 0 saturated carbocycles. The van der Waals surface area contributed by atoms with Crippen molar-refractivity contribution in [1.29, 1.82) is 0 Å². The monoisotopic (exact) mass is 295 g/mol. The van der Waals surface area contributed by atoms with Crippen LogP contribution in [0.25, 0.3) is 0 Å². The van der Waals surface area contributed by atoms with Crippen LogP contribution < -0.4 is 5.32 Å². The van der Waals surface area contributed by atoms with Crippen LogP contribution in [0.2, 0.25) is 0 Å². The maximum absolute atomic E-state index is 11.8. The van der Waals surface area contributed by atoms with Gasteiger partial charge in [-0.25, -0.2) is 0 Å². The number of aryl methyl sites for hydroxylation is 1. The van der Waals surface area contributed by atoms with Crippen molar-refractivity contribution in [1.82, 2.24) is 0 Å². The lowest BCUT2D eigenvalue weighted by atomic mass is 10.1. The first kappa shape index (κ1) is 14.8. The maximum atomic E-state index is 11.8. The lowest BCUT2D eigenvalue weighted by molar-refractivity contribution is -0.116. The predicted octanol–water partition coefficient (Wildman–Crippen LogP) is 4.65. The van der Waals surface area contributed by atoms with Crippen LogP contribution in [0.15, 0.2) is 24.3 Å². The molecule has 0 spiro atoms.